The minimum atomic E-state index is -0.138. The van der Waals surface area contributed by atoms with Crippen molar-refractivity contribution in [1.29, 1.82) is 0 Å². The van der Waals surface area contributed by atoms with Crippen molar-refractivity contribution in [2.24, 2.45) is 11.8 Å². The van der Waals surface area contributed by atoms with E-state index in [-0.39, 0.29) is 30.7 Å². The molecule has 0 unspecified atom stereocenters. The van der Waals surface area contributed by atoms with Crippen molar-refractivity contribution in [3.05, 3.63) is 29.8 Å². The van der Waals surface area contributed by atoms with E-state index in [2.05, 4.69) is 54.2 Å². The summed E-state index contributed by atoms with van der Waals surface area (Å²) in [5.74, 6) is 1.97. The Bertz CT molecular complexity index is 1050. The van der Waals surface area contributed by atoms with Gasteiger partial charge in [0, 0.05) is 56.1 Å². The smallest absolute Gasteiger partial charge is 0.224 e. The van der Waals surface area contributed by atoms with E-state index < -0.39 is 0 Å². The zero-order chi connectivity index (χ0) is 24.9. The topological polar surface area (TPSA) is 77.6 Å². The molecule has 7 nitrogen and oxygen atoms in total. The molecule has 190 valence electrons. The van der Waals surface area contributed by atoms with Crippen molar-refractivity contribution in [3.63, 3.8) is 0 Å². The summed E-state index contributed by atoms with van der Waals surface area (Å²) in [7, 11) is 0. The minimum absolute atomic E-state index is 0.0306. The molecule has 1 aliphatic heterocycles. The molecule has 1 saturated heterocycles. The summed E-state index contributed by atoms with van der Waals surface area (Å²) >= 11 is 0. The number of aryl methyl sites for hydroxylation is 1. The molecule has 1 aromatic carbocycles. The number of hydrogen-bond acceptors (Lipinski definition) is 5. The van der Waals surface area contributed by atoms with E-state index in [1.54, 1.807) is 0 Å². The highest BCUT2D eigenvalue weighted by atomic mass is 16.2. The van der Waals surface area contributed by atoms with Gasteiger partial charge in [-0.05, 0) is 61.6 Å². The molecule has 0 spiro atoms. The third kappa shape index (κ3) is 6.31. The van der Waals surface area contributed by atoms with Crippen molar-refractivity contribution in [1.82, 2.24) is 15.2 Å². The van der Waals surface area contributed by atoms with Crippen molar-refractivity contribution < 1.29 is 9.59 Å². The Morgan fingerprint density at radius 3 is 2.51 bits per heavy atom. The van der Waals surface area contributed by atoms with Crippen LogP contribution in [0.4, 0.5) is 11.5 Å². The number of amides is 2. The third-order valence-corrected chi connectivity index (χ3v) is 8.06. The van der Waals surface area contributed by atoms with Gasteiger partial charge in [0.05, 0.1) is 5.52 Å². The van der Waals surface area contributed by atoms with Crippen LogP contribution in [-0.2, 0) is 9.59 Å². The second-order valence-electron chi connectivity index (χ2n) is 10.4. The Kier molecular flexibility index (Phi) is 8.26. The van der Waals surface area contributed by atoms with Gasteiger partial charge in [-0.2, -0.15) is 0 Å². The molecule has 7 heteroatoms. The van der Waals surface area contributed by atoms with Crippen LogP contribution in [0, 0.1) is 18.8 Å². The second-order valence-corrected chi connectivity index (χ2v) is 10.4. The molecule has 2 fully saturated rings. The predicted octanol–water partition coefficient (Wildman–Crippen LogP) is 4.34. The maximum absolute atomic E-state index is 12.5. The number of carbonyl (C=O) groups excluding carboxylic acids is 2. The zero-order valence-electron chi connectivity index (χ0n) is 21.8. The highest BCUT2D eigenvalue weighted by Gasteiger charge is 2.28. The lowest BCUT2D eigenvalue weighted by molar-refractivity contribution is -0.125. The first-order valence-electron chi connectivity index (χ1n) is 13.3. The van der Waals surface area contributed by atoms with Crippen LogP contribution in [0.25, 0.3) is 10.9 Å². The van der Waals surface area contributed by atoms with Gasteiger partial charge in [-0.15, -0.1) is 0 Å². The van der Waals surface area contributed by atoms with Gasteiger partial charge >= 0.3 is 0 Å². The number of aromatic nitrogens is 1. The first-order chi connectivity index (χ1) is 16.8. The number of piperazine rings is 1. The molecular weight excluding hydrogens is 438 g/mol. The zero-order valence-corrected chi connectivity index (χ0v) is 21.8. The monoisotopic (exact) mass is 479 g/mol. The molecule has 1 aliphatic carbocycles. The van der Waals surface area contributed by atoms with Gasteiger partial charge in [0.1, 0.15) is 5.82 Å². The highest BCUT2D eigenvalue weighted by molar-refractivity contribution is 5.96. The average Bonchev–Trinajstić information content (AvgIpc) is 2.86. The molecule has 4 rings (SSSR count). The van der Waals surface area contributed by atoms with Crippen LogP contribution in [0.5, 0.6) is 0 Å². The Hall–Kier alpha value is -2.67. The molecule has 2 heterocycles. The first-order valence-corrected chi connectivity index (χ1v) is 13.3. The van der Waals surface area contributed by atoms with Gasteiger partial charge in [-0.3, -0.25) is 9.59 Å². The first kappa shape index (κ1) is 25.4. The number of pyridine rings is 1. The maximum atomic E-state index is 12.5. The molecule has 2 aromatic rings. The summed E-state index contributed by atoms with van der Waals surface area (Å²) in [5.41, 5.74) is 2.83. The number of rotatable bonds is 7. The molecule has 2 amide bonds. The van der Waals surface area contributed by atoms with E-state index in [9.17, 15) is 9.59 Å². The average molecular weight is 480 g/mol. The molecule has 0 bridgehead atoms. The highest BCUT2D eigenvalue weighted by Crippen LogP contribution is 2.29. The molecule has 0 radical (unpaired) electrons. The van der Waals surface area contributed by atoms with Gasteiger partial charge in [-0.1, -0.05) is 33.6 Å². The quantitative estimate of drug-likeness (QED) is 0.618. The Morgan fingerprint density at radius 2 is 1.77 bits per heavy atom. The summed E-state index contributed by atoms with van der Waals surface area (Å²) in [4.78, 5) is 34.7. The molecule has 1 saturated carbocycles. The number of nitrogens with one attached hydrogen (secondary N) is 2. The number of anilines is 2. The van der Waals surface area contributed by atoms with Gasteiger partial charge in [-0.25, -0.2) is 4.98 Å². The van der Waals surface area contributed by atoms with E-state index in [1.807, 2.05) is 18.2 Å². The molecule has 2 aliphatic rings. The minimum Gasteiger partial charge on any atom is -0.354 e. The van der Waals surface area contributed by atoms with E-state index in [1.165, 1.54) is 6.42 Å². The van der Waals surface area contributed by atoms with Crippen molar-refractivity contribution in [3.8, 4) is 0 Å². The normalized spacial score (nSPS) is 23.3. The van der Waals surface area contributed by atoms with E-state index in [0.29, 0.717) is 11.8 Å². The maximum Gasteiger partial charge on any atom is 0.224 e. The lowest BCUT2D eigenvalue weighted by atomic mass is 9.78. The van der Waals surface area contributed by atoms with E-state index >= 15 is 0 Å². The Morgan fingerprint density at radius 1 is 1.03 bits per heavy atom. The molecule has 1 aromatic heterocycles. The standard InChI is InChI=1S/C28H41N5O2/c1-5-32-13-15-33(16-14-32)26-17-20(3)23-18-22(9-10-25(23)30-26)29-27(34)11-12-28(35)31-24-8-6-7-19(2)21(24)4/h9-10,17-19,21,24H,5-8,11-16H2,1-4H3,(H,29,34)(H,31,35)/t19-,21+,24-/m1/s1. The summed E-state index contributed by atoms with van der Waals surface area (Å²) in [6, 6.07) is 8.23. The summed E-state index contributed by atoms with van der Waals surface area (Å²) < 4.78 is 0. The van der Waals surface area contributed by atoms with Crippen LogP contribution in [0.15, 0.2) is 24.3 Å². The van der Waals surface area contributed by atoms with Gasteiger partial charge in [0.2, 0.25) is 11.8 Å². The predicted molar refractivity (Wildman–Crippen MR) is 143 cm³/mol. The summed E-state index contributed by atoms with van der Waals surface area (Å²) in [5, 5.41) is 7.16. The molecule has 2 N–H and O–H groups in total. The number of benzene rings is 1. The lowest BCUT2D eigenvalue weighted by Gasteiger charge is -2.35. The molecule has 3 atom stereocenters. The number of nitrogens with zero attached hydrogens (tertiary/aromatic N) is 3. The third-order valence-electron chi connectivity index (χ3n) is 8.06. The van der Waals surface area contributed by atoms with Crippen LogP contribution in [0.3, 0.4) is 0 Å². The Labute approximate surface area is 209 Å². The van der Waals surface area contributed by atoms with Crippen molar-refractivity contribution in [2.75, 3.05) is 42.9 Å². The summed E-state index contributed by atoms with van der Waals surface area (Å²) in [6.07, 6.45) is 3.81. The van der Waals surface area contributed by atoms with Crippen LogP contribution in [0.1, 0.15) is 58.4 Å². The van der Waals surface area contributed by atoms with Gasteiger partial charge in [0.15, 0.2) is 0 Å². The number of likely N-dealkylation sites (N-methyl/N-ethyl adjacent to an activating group) is 1. The summed E-state index contributed by atoms with van der Waals surface area (Å²) in [6.45, 7) is 14.0. The molecular formula is C28H41N5O2. The fraction of sp³-hybridized carbons (Fsp3) is 0.607. The second kappa shape index (κ2) is 11.4. The van der Waals surface area contributed by atoms with Crippen molar-refractivity contribution >= 4 is 34.2 Å². The van der Waals surface area contributed by atoms with Gasteiger partial charge in [0.25, 0.3) is 0 Å². The van der Waals surface area contributed by atoms with E-state index in [4.69, 9.17) is 4.98 Å². The fourth-order valence-electron chi connectivity index (χ4n) is 5.42. The van der Waals surface area contributed by atoms with Crippen LogP contribution >= 0.6 is 0 Å². The van der Waals surface area contributed by atoms with Crippen LogP contribution in [-0.4, -0.2) is 60.5 Å². The van der Waals surface area contributed by atoms with Crippen LogP contribution in [0.2, 0.25) is 0 Å². The Balaban J connectivity index is 1.32. The number of carbonyl (C=O) groups is 2. The van der Waals surface area contributed by atoms with Gasteiger partial charge < -0.3 is 20.4 Å². The largest absolute Gasteiger partial charge is 0.354 e. The van der Waals surface area contributed by atoms with Crippen molar-refractivity contribution in [2.45, 2.75) is 65.8 Å². The SMILES string of the molecule is CCN1CCN(c2cc(C)c3cc(NC(=O)CCC(=O)N[C@@H]4CCC[C@@H](C)[C@@H]4C)ccc3n2)CC1. The molecule has 35 heavy (non-hydrogen) atoms. The van der Waals surface area contributed by atoms with Crippen LogP contribution < -0.4 is 15.5 Å². The lowest BCUT2D eigenvalue weighted by Crippen LogP contribution is -2.46. The van der Waals surface area contributed by atoms with E-state index in [0.717, 1.165) is 73.5 Å². The number of hydrogen-bond donors (Lipinski definition) is 2. The number of fused-ring (bicyclic) bond motifs is 1. The fourth-order valence-corrected chi connectivity index (χ4v) is 5.42.